The van der Waals surface area contributed by atoms with Crippen LogP contribution in [0, 0.1) is 0 Å². The van der Waals surface area contributed by atoms with E-state index in [0.717, 1.165) is 29.9 Å². The molecule has 9 nitrogen and oxygen atoms in total. The fourth-order valence-electron chi connectivity index (χ4n) is 3.97. The van der Waals surface area contributed by atoms with Crippen LogP contribution in [0.4, 0.5) is 5.82 Å². The van der Waals surface area contributed by atoms with E-state index < -0.39 is 11.9 Å². The van der Waals surface area contributed by atoms with Crippen molar-refractivity contribution in [3.63, 3.8) is 0 Å². The van der Waals surface area contributed by atoms with Crippen molar-refractivity contribution in [3.8, 4) is 0 Å². The molecule has 5 rings (SSSR count). The number of anilines is 1. The minimum absolute atomic E-state index is 0.0521. The fourth-order valence-corrected chi connectivity index (χ4v) is 3.97. The SMILES string of the molecule is CC(c1ccccc1)n1cnc(C(=O)NC2CCn3nc(C4CC4)cc3N(C)C2=O)n1. The van der Waals surface area contributed by atoms with Crippen molar-refractivity contribution in [2.45, 2.75) is 50.7 Å². The summed E-state index contributed by atoms with van der Waals surface area (Å²) in [5.74, 6) is 0.743. The molecule has 3 aromatic rings. The Hall–Kier alpha value is -3.49. The van der Waals surface area contributed by atoms with E-state index in [0.29, 0.717) is 18.9 Å². The number of likely N-dealkylation sites (N-methyl/N-ethyl adjacent to an activating group) is 1. The molecule has 0 bridgehead atoms. The summed E-state index contributed by atoms with van der Waals surface area (Å²) in [5, 5.41) is 11.8. The maximum atomic E-state index is 13.0. The van der Waals surface area contributed by atoms with Crippen LogP contribution in [0.5, 0.6) is 0 Å². The van der Waals surface area contributed by atoms with Crippen LogP contribution < -0.4 is 10.2 Å². The Morgan fingerprint density at radius 2 is 1.94 bits per heavy atom. The maximum Gasteiger partial charge on any atom is 0.291 e. The molecule has 9 heteroatoms. The summed E-state index contributed by atoms with van der Waals surface area (Å²) < 4.78 is 3.52. The molecule has 1 aliphatic carbocycles. The molecule has 31 heavy (non-hydrogen) atoms. The van der Waals surface area contributed by atoms with Crippen LogP contribution in [0.15, 0.2) is 42.7 Å². The number of carbonyl (C=O) groups excluding carboxylic acids is 2. The van der Waals surface area contributed by atoms with E-state index in [-0.39, 0.29) is 17.8 Å². The third kappa shape index (κ3) is 3.71. The van der Waals surface area contributed by atoms with Crippen LogP contribution >= 0.6 is 0 Å². The molecular weight excluding hydrogens is 394 g/mol. The summed E-state index contributed by atoms with van der Waals surface area (Å²) in [5.41, 5.74) is 2.12. The summed E-state index contributed by atoms with van der Waals surface area (Å²) in [6.45, 7) is 2.56. The second-order valence-corrected chi connectivity index (χ2v) is 8.27. The minimum atomic E-state index is -0.651. The first kappa shape index (κ1) is 19.5. The fraction of sp³-hybridized carbons (Fsp3) is 0.409. The second kappa shape index (κ2) is 7.64. The zero-order valence-electron chi connectivity index (χ0n) is 17.6. The molecule has 160 valence electrons. The lowest BCUT2D eigenvalue weighted by Gasteiger charge is -2.20. The monoisotopic (exact) mass is 419 g/mol. The van der Waals surface area contributed by atoms with Gasteiger partial charge in [0.1, 0.15) is 18.2 Å². The highest BCUT2D eigenvalue weighted by Gasteiger charge is 2.34. The molecule has 2 unspecified atom stereocenters. The van der Waals surface area contributed by atoms with Gasteiger partial charge in [0.25, 0.3) is 11.8 Å². The topological polar surface area (TPSA) is 97.9 Å². The molecule has 0 saturated heterocycles. The average molecular weight is 419 g/mol. The van der Waals surface area contributed by atoms with E-state index >= 15 is 0 Å². The molecule has 0 radical (unpaired) electrons. The van der Waals surface area contributed by atoms with Gasteiger partial charge in [-0.15, -0.1) is 5.10 Å². The minimum Gasteiger partial charge on any atom is -0.337 e. The van der Waals surface area contributed by atoms with Gasteiger partial charge in [0.05, 0.1) is 11.7 Å². The number of amides is 2. The van der Waals surface area contributed by atoms with Gasteiger partial charge in [0.2, 0.25) is 5.82 Å². The first-order chi connectivity index (χ1) is 15.0. The van der Waals surface area contributed by atoms with Crippen molar-refractivity contribution in [3.05, 3.63) is 59.8 Å². The third-order valence-corrected chi connectivity index (χ3v) is 6.07. The lowest BCUT2D eigenvalue weighted by Crippen LogP contribution is -2.47. The molecule has 2 atom stereocenters. The number of nitrogens with one attached hydrogen (secondary N) is 1. The maximum absolute atomic E-state index is 13.0. The van der Waals surface area contributed by atoms with Crippen LogP contribution in [0.25, 0.3) is 0 Å². The van der Waals surface area contributed by atoms with Gasteiger partial charge in [-0.1, -0.05) is 30.3 Å². The summed E-state index contributed by atoms with van der Waals surface area (Å²) in [6, 6.07) is 11.2. The molecule has 1 saturated carbocycles. The largest absolute Gasteiger partial charge is 0.337 e. The number of hydrogen-bond acceptors (Lipinski definition) is 5. The average Bonchev–Trinajstić information content (AvgIpc) is 3.39. The van der Waals surface area contributed by atoms with E-state index in [1.807, 2.05) is 48.0 Å². The normalized spacial score (nSPS) is 19.6. The van der Waals surface area contributed by atoms with Gasteiger partial charge in [-0.2, -0.15) is 5.10 Å². The number of carbonyl (C=O) groups is 2. The first-order valence-electron chi connectivity index (χ1n) is 10.6. The van der Waals surface area contributed by atoms with Gasteiger partial charge < -0.3 is 5.32 Å². The molecule has 2 aromatic heterocycles. The highest BCUT2D eigenvalue weighted by molar-refractivity contribution is 6.00. The summed E-state index contributed by atoms with van der Waals surface area (Å²) >= 11 is 0. The van der Waals surface area contributed by atoms with Crippen molar-refractivity contribution >= 4 is 17.6 Å². The Labute approximate surface area is 180 Å². The number of aryl methyl sites for hydroxylation is 1. The van der Waals surface area contributed by atoms with E-state index in [1.165, 1.54) is 0 Å². The van der Waals surface area contributed by atoms with Crippen LogP contribution in [0.2, 0.25) is 0 Å². The molecule has 1 N–H and O–H groups in total. The van der Waals surface area contributed by atoms with Crippen LogP contribution in [-0.2, 0) is 11.3 Å². The lowest BCUT2D eigenvalue weighted by atomic mass is 10.1. The lowest BCUT2D eigenvalue weighted by molar-refractivity contribution is -0.120. The number of hydrogen-bond donors (Lipinski definition) is 1. The van der Waals surface area contributed by atoms with Crippen molar-refractivity contribution in [1.82, 2.24) is 29.9 Å². The number of aromatic nitrogens is 5. The first-order valence-corrected chi connectivity index (χ1v) is 10.6. The summed E-state index contributed by atoms with van der Waals surface area (Å²) in [7, 11) is 1.73. The van der Waals surface area contributed by atoms with Crippen LogP contribution in [0.3, 0.4) is 0 Å². The van der Waals surface area contributed by atoms with Gasteiger partial charge in [0.15, 0.2) is 0 Å². The Balaban J connectivity index is 1.28. The zero-order chi connectivity index (χ0) is 21.5. The Morgan fingerprint density at radius 3 is 2.68 bits per heavy atom. The van der Waals surface area contributed by atoms with Crippen LogP contribution in [-0.4, -0.2) is 49.4 Å². The standard InChI is InChI=1S/C22H25N7O2/c1-14(15-6-4-3-5-7-15)29-13-23-20(26-29)21(30)24-17-10-11-28-19(27(2)22(17)31)12-18(25-28)16-8-9-16/h3-7,12-14,16-17H,8-11H2,1-2H3,(H,24,30). The number of nitrogens with zero attached hydrogens (tertiary/aromatic N) is 6. The van der Waals surface area contributed by atoms with E-state index in [4.69, 9.17) is 0 Å². The smallest absolute Gasteiger partial charge is 0.291 e. The van der Waals surface area contributed by atoms with Gasteiger partial charge in [-0.25, -0.2) is 14.3 Å². The highest BCUT2D eigenvalue weighted by atomic mass is 16.2. The molecular formula is C22H25N7O2. The molecule has 1 fully saturated rings. The predicted molar refractivity (Wildman–Crippen MR) is 114 cm³/mol. The molecule has 1 aliphatic heterocycles. The Bertz CT molecular complexity index is 1120. The molecule has 0 spiro atoms. The van der Waals surface area contributed by atoms with Crippen molar-refractivity contribution in [2.24, 2.45) is 0 Å². The summed E-state index contributed by atoms with van der Waals surface area (Å²) in [4.78, 5) is 31.5. The number of benzene rings is 1. The van der Waals surface area contributed by atoms with Gasteiger partial charge in [-0.05, 0) is 31.7 Å². The van der Waals surface area contributed by atoms with Gasteiger partial charge in [0, 0.05) is 25.6 Å². The van der Waals surface area contributed by atoms with E-state index in [9.17, 15) is 9.59 Å². The second-order valence-electron chi connectivity index (χ2n) is 8.27. The quantitative estimate of drug-likeness (QED) is 0.683. The summed E-state index contributed by atoms with van der Waals surface area (Å²) in [6.07, 6.45) is 4.34. The molecule has 2 aliphatic rings. The van der Waals surface area contributed by atoms with E-state index in [2.05, 4.69) is 20.5 Å². The highest BCUT2D eigenvalue weighted by Crippen LogP contribution is 2.40. The Kier molecular flexibility index (Phi) is 4.80. The van der Waals surface area contributed by atoms with Gasteiger partial charge in [-0.3, -0.25) is 14.5 Å². The van der Waals surface area contributed by atoms with Gasteiger partial charge >= 0.3 is 0 Å². The zero-order valence-corrected chi connectivity index (χ0v) is 17.6. The number of fused-ring (bicyclic) bond motifs is 1. The van der Waals surface area contributed by atoms with Crippen LogP contribution in [0.1, 0.15) is 60.0 Å². The molecule has 1 aromatic carbocycles. The third-order valence-electron chi connectivity index (χ3n) is 6.07. The van der Waals surface area contributed by atoms with Crippen molar-refractivity contribution in [2.75, 3.05) is 11.9 Å². The molecule has 3 heterocycles. The van der Waals surface area contributed by atoms with Crippen molar-refractivity contribution < 1.29 is 9.59 Å². The van der Waals surface area contributed by atoms with E-state index in [1.54, 1.807) is 23.0 Å². The number of rotatable bonds is 5. The van der Waals surface area contributed by atoms with Crippen molar-refractivity contribution in [1.29, 1.82) is 0 Å². The Morgan fingerprint density at radius 1 is 1.16 bits per heavy atom. The predicted octanol–water partition coefficient (Wildman–Crippen LogP) is 2.13. The molecule has 2 amide bonds.